The SMILES string of the molecule is CC[C@H]1O[C@@H](NC=N)[C@H](F)[C@@H]1C. The van der Waals surface area contributed by atoms with Gasteiger partial charge in [-0.15, -0.1) is 0 Å². The molecule has 1 aliphatic heterocycles. The summed E-state index contributed by atoms with van der Waals surface area (Å²) < 4.78 is 18.7. The van der Waals surface area contributed by atoms with E-state index in [0.717, 1.165) is 12.8 Å². The number of halogens is 1. The van der Waals surface area contributed by atoms with Gasteiger partial charge < -0.3 is 10.1 Å². The van der Waals surface area contributed by atoms with Crippen LogP contribution in [0.25, 0.3) is 0 Å². The zero-order valence-corrected chi connectivity index (χ0v) is 7.38. The smallest absolute Gasteiger partial charge is 0.160 e. The molecule has 4 heteroatoms. The minimum Gasteiger partial charge on any atom is -0.352 e. The minimum atomic E-state index is -1.00. The molecule has 70 valence electrons. The summed E-state index contributed by atoms with van der Waals surface area (Å²) in [5, 5.41) is 9.30. The van der Waals surface area contributed by atoms with E-state index >= 15 is 0 Å². The molecular weight excluding hydrogens is 159 g/mol. The Balaban J connectivity index is 2.53. The lowest BCUT2D eigenvalue weighted by Crippen LogP contribution is -2.35. The van der Waals surface area contributed by atoms with E-state index in [9.17, 15) is 4.39 Å². The van der Waals surface area contributed by atoms with Gasteiger partial charge in [-0.25, -0.2) is 4.39 Å². The Morgan fingerprint density at radius 1 is 1.67 bits per heavy atom. The van der Waals surface area contributed by atoms with E-state index < -0.39 is 12.4 Å². The highest BCUT2D eigenvalue weighted by Crippen LogP contribution is 2.29. The van der Waals surface area contributed by atoms with E-state index in [-0.39, 0.29) is 12.0 Å². The Labute approximate surface area is 71.8 Å². The molecule has 0 aliphatic carbocycles. The molecule has 4 atom stereocenters. The minimum absolute atomic E-state index is 0.0163. The number of nitrogens with one attached hydrogen (secondary N) is 2. The Morgan fingerprint density at radius 3 is 2.75 bits per heavy atom. The summed E-state index contributed by atoms with van der Waals surface area (Å²) in [6.45, 7) is 3.81. The van der Waals surface area contributed by atoms with Crippen molar-refractivity contribution in [3.63, 3.8) is 0 Å². The van der Waals surface area contributed by atoms with Crippen LogP contribution in [-0.4, -0.2) is 24.8 Å². The van der Waals surface area contributed by atoms with Crippen molar-refractivity contribution < 1.29 is 9.13 Å². The summed E-state index contributed by atoms with van der Waals surface area (Å²) in [6.07, 6.45) is 0.149. The lowest BCUT2D eigenvalue weighted by molar-refractivity contribution is 0.0164. The topological polar surface area (TPSA) is 45.1 Å². The Kier molecular flexibility index (Phi) is 3.03. The van der Waals surface area contributed by atoms with Crippen LogP contribution in [0.4, 0.5) is 4.39 Å². The van der Waals surface area contributed by atoms with Crippen LogP contribution in [0.15, 0.2) is 0 Å². The summed E-state index contributed by atoms with van der Waals surface area (Å²) >= 11 is 0. The fraction of sp³-hybridized carbons (Fsp3) is 0.875. The van der Waals surface area contributed by atoms with Crippen LogP contribution < -0.4 is 5.32 Å². The van der Waals surface area contributed by atoms with Crippen molar-refractivity contribution in [2.45, 2.75) is 38.8 Å². The molecule has 0 aromatic rings. The van der Waals surface area contributed by atoms with Gasteiger partial charge in [0.15, 0.2) is 6.23 Å². The van der Waals surface area contributed by atoms with E-state index in [2.05, 4.69) is 5.32 Å². The van der Waals surface area contributed by atoms with Crippen molar-refractivity contribution in [2.24, 2.45) is 5.92 Å². The Morgan fingerprint density at radius 2 is 2.33 bits per heavy atom. The van der Waals surface area contributed by atoms with Crippen LogP contribution in [0.5, 0.6) is 0 Å². The fourth-order valence-electron chi connectivity index (χ4n) is 1.55. The largest absolute Gasteiger partial charge is 0.352 e. The van der Waals surface area contributed by atoms with Crippen LogP contribution in [0.3, 0.4) is 0 Å². The summed E-state index contributed by atoms with van der Waals surface area (Å²) in [5.74, 6) is -0.0764. The van der Waals surface area contributed by atoms with Gasteiger partial charge in [-0.3, -0.25) is 5.41 Å². The van der Waals surface area contributed by atoms with Crippen LogP contribution in [0.2, 0.25) is 0 Å². The maximum Gasteiger partial charge on any atom is 0.160 e. The molecule has 0 saturated carbocycles. The highest BCUT2D eigenvalue weighted by Gasteiger charge is 2.40. The lowest BCUT2D eigenvalue weighted by atomic mass is 10.00. The highest BCUT2D eigenvalue weighted by atomic mass is 19.1. The highest BCUT2D eigenvalue weighted by molar-refractivity contribution is 5.50. The molecule has 0 spiro atoms. The van der Waals surface area contributed by atoms with Crippen molar-refractivity contribution in [2.75, 3.05) is 0 Å². The number of rotatable bonds is 3. The number of ether oxygens (including phenoxy) is 1. The molecule has 0 radical (unpaired) electrons. The Bertz CT molecular complexity index is 165. The summed E-state index contributed by atoms with van der Waals surface area (Å²) in [4.78, 5) is 0. The van der Waals surface area contributed by atoms with Gasteiger partial charge in [-0.05, 0) is 6.42 Å². The first kappa shape index (κ1) is 9.45. The molecule has 12 heavy (non-hydrogen) atoms. The standard InChI is InChI=1S/C8H15FN2O/c1-3-6-5(2)7(9)8(12-6)11-4-10/h4-8H,3H2,1-2H3,(H2,10,11)/t5-,6-,7-,8-/m1/s1. The normalized spacial score (nSPS) is 41.2. The second kappa shape index (κ2) is 3.85. The molecule has 1 rings (SSSR count). The predicted molar refractivity (Wildman–Crippen MR) is 44.9 cm³/mol. The fourth-order valence-corrected chi connectivity index (χ4v) is 1.55. The number of alkyl halides is 1. The summed E-state index contributed by atoms with van der Waals surface area (Å²) in [7, 11) is 0. The second-order valence-electron chi connectivity index (χ2n) is 3.12. The van der Waals surface area contributed by atoms with Gasteiger partial charge in [-0.1, -0.05) is 13.8 Å². The van der Waals surface area contributed by atoms with Crippen molar-refractivity contribution in [3.8, 4) is 0 Å². The first-order chi connectivity index (χ1) is 5.70. The molecule has 1 saturated heterocycles. The first-order valence-electron chi connectivity index (χ1n) is 4.25. The number of hydrogen-bond acceptors (Lipinski definition) is 2. The molecule has 0 unspecified atom stereocenters. The van der Waals surface area contributed by atoms with Crippen LogP contribution in [0, 0.1) is 11.3 Å². The zero-order chi connectivity index (χ0) is 9.14. The maximum absolute atomic E-state index is 13.3. The van der Waals surface area contributed by atoms with E-state index in [1.807, 2.05) is 13.8 Å². The van der Waals surface area contributed by atoms with Gasteiger partial charge in [0.1, 0.15) is 6.17 Å². The van der Waals surface area contributed by atoms with Crippen LogP contribution >= 0.6 is 0 Å². The van der Waals surface area contributed by atoms with Gasteiger partial charge in [-0.2, -0.15) is 0 Å². The maximum atomic E-state index is 13.3. The summed E-state index contributed by atoms with van der Waals surface area (Å²) in [5.41, 5.74) is 0. The molecular formula is C8H15FN2O. The molecule has 1 aliphatic rings. The molecule has 1 heterocycles. The monoisotopic (exact) mass is 174 g/mol. The summed E-state index contributed by atoms with van der Waals surface area (Å²) in [6, 6.07) is 0. The van der Waals surface area contributed by atoms with E-state index in [1.165, 1.54) is 0 Å². The average molecular weight is 174 g/mol. The van der Waals surface area contributed by atoms with E-state index in [4.69, 9.17) is 10.1 Å². The third-order valence-electron chi connectivity index (χ3n) is 2.35. The van der Waals surface area contributed by atoms with E-state index in [0.29, 0.717) is 0 Å². The quantitative estimate of drug-likeness (QED) is 0.500. The second-order valence-corrected chi connectivity index (χ2v) is 3.12. The van der Waals surface area contributed by atoms with Gasteiger partial charge in [0, 0.05) is 5.92 Å². The van der Waals surface area contributed by atoms with Crippen LogP contribution in [-0.2, 0) is 4.74 Å². The van der Waals surface area contributed by atoms with E-state index in [1.54, 1.807) is 0 Å². The van der Waals surface area contributed by atoms with Crippen molar-refractivity contribution in [1.29, 1.82) is 5.41 Å². The number of hydrogen-bond donors (Lipinski definition) is 2. The molecule has 1 fully saturated rings. The molecule has 2 N–H and O–H groups in total. The third kappa shape index (κ3) is 1.58. The molecule has 3 nitrogen and oxygen atoms in total. The molecule has 0 bridgehead atoms. The third-order valence-corrected chi connectivity index (χ3v) is 2.35. The Hall–Kier alpha value is -0.640. The van der Waals surface area contributed by atoms with Crippen LogP contribution in [0.1, 0.15) is 20.3 Å². The molecule has 0 amide bonds. The zero-order valence-electron chi connectivity index (χ0n) is 7.38. The lowest BCUT2D eigenvalue weighted by Gasteiger charge is -2.11. The van der Waals surface area contributed by atoms with Crippen molar-refractivity contribution in [3.05, 3.63) is 0 Å². The predicted octanol–water partition coefficient (Wildman–Crippen LogP) is 1.29. The average Bonchev–Trinajstić information content (AvgIpc) is 2.33. The molecule has 0 aromatic heterocycles. The van der Waals surface area contributed by atoms with Gasteiger partial charge >= 0.3 is 0 Å². The van der Waals surface area contributed by atoms with Crippen molar-refractivity contribution in [1.82, 2.24) is 5.32 Å². The van der Waals surface area contributed by atoms with Gasteiger partial charge in [0.25, 0.3) is 0 Å². The van der Waals surface area contributed by atoms with Gasteiger partial charge in [0.2, 0.25) is 0 Å². The van der Waals surface area contributed by atoms with Gasteiger partial charge in [0.05, 0.1) is 12.4 Å². The first-order valence-corrected chi connectivity index (χ1v) is 4.25. The van der Waals surface area contributed by atoms with Crippen molar-refractivity contribution >= 4 is 6.34 Å². The molecule has 0 aromatic carbocycles.